The Bertz CT molecular complexity index is 747. The maximum atomic E-state index is 12.5. The third-order valence-corrected chi connectivity index (χ3v) is 4.80. The molecule has 2 aromatic rings. The van der Waals surface area contributed by atoms with Crippen LogP contribution in [0.15, 0.2) is 53.4 Å². The summed E-state index contributed by atoms with van der Waals surface area (Å²) in [6.07, 6.45) is 0.785. The summed E-state index contributed by atoms with van der Waals surface area (Å²) in [6.45, 7) is 4.48. The normalized spacial score (nSPS) is 10.4. The number of carbonyl (C=O) groups is 2. The third kappa shape index (κ3) is 6.11. The Morgan fingerprint density at radius 1 is 1.12 bits per heavy atom. The number of nitrogens with one attached hydrogen (secondary N) is 1. The second kappa shape index (κ2) is 9.87. The fourth-order valence-electron chi connectivity index (χ4n) is 2.42. The first-order valence-electron chi connectivity index (χ1n) is 8.54. The predicted octanol–water partition coefficient (Wildman–Crippen LogP) is 3.67. The first kappa shape index (κ1) is 19.8. The number of phenolic OH excluding ortho intramolecular Hbond substituents is 1. The predicted molar refractivity (Wildman–Crippen MR) is 106 cm³/mol. The van der Waals surface area contributed by atoms with Crippen molar-refractivity contribution < 1.29 is 14.7 Å². The molecule has 0 fully saturated rings. The van der Waals surface area contributed by atoms with Crippen LogP contribution in [0.2, 0.25) is 0 Å². The van der Waals surface area contributed by atoms with Crippen molar-refractivity contribution in [2.75, 3.05) is 24.2 Å². The lowest BCUT2D eigenvalue weighted by Gasteiger charge is -2.21. The lowest BCUT2D eigenvalue weighted by molar-refractivity contribution is -0.132. The fourth-order valence-corrected chi connectivity index (χ4v) is 3.22. The largest absolute Gasteiger partial charge is 0.508 e. The van der Waals surface area contributed by atoms with E-state index in [2.05, 4.69) is 5.32 Å². The van der Waals surface area contributed by atoms with E-state index in [1.165, 1.54) is 11.8 Å². The van der Waals surface area contributed by atoms with Gasteiger partial charge in [0.25, 0.3) is 0 Å². The van der Waals surface area contributed by atoms with E-state index in [4.69, 9.17) is 0 Å². The molecule has 0 aliphatic carbocycles. The van der Waals surface area contributed by atoms with Gasteiger partial charge < -0.3 is 15.3 Å². The minimum atomic E-state index is -0.198. The number of aromatic hydroxyl groups is 1. The molecule has 0 spiro atoms. The second-order valence-electron chi connectivity index (χ2n) is 5.96. The third-order valence-electron chi connectivity index (χ3n) is 3.80. The molecule has 0 bridgehead atoms. The molecule has 0 atom stereocenters. The van der Waals surface area contributed by atoms with E-state index in [9.17, 15) is 14.7 Å². The molecule has 2 amide bonds. The Hall–Kier alpha value is -2.47. The lowest BCUT2D eigenvalue weighted by atomic mass is 10.2. The van der Waals surface area contributed by atoms with E-state index in [-0.39, 0.29) is 29.9 Å². The zero-order chi connectivity index (χ0) is 18.9. The highest BCUT2D eigenvalue weighted by Crippen LogP contribution is 2.21. The zero-order valence-electron chi connectivity index (χ0n) is 15.1. The molecule has 0 aliphatic rings. The van der Waals surface area contributed by atoms with E-state index >= 15 is 0 Å². The van der Waals surface area contributed by atoms with E-state index in [1.807, 2.05) is 38.1 Å². The van der Waals surface area contributed by atoms with Gasteiger partial charge in [0.2, 0.25) is 11.8 Å². The van der Waals surface area contributed by atoms with Crippen LogP contribution in [-0.2, 0) is 9.59 Å². The number of hydrogen-bond acceptors (Lipinski definition) is 4. The van der Waals surface area contributed by atoms with Crippen LogP contribution in [0.3, 0.4) is 0 Å². The van der Waals surface area contributed by atoms with Gasteiger partial charge in [0.05, 0.1) is 12.3 Å². The lowest BCUT2D eigenvalue weighted by Crippen LogP contribution is -2.39. The van der Waals surface area contributed by atoms with Crippen LogP contribution in [0.5, 0.6) is 5.75 Å². The number of anilines is 1. The average Bonchev–Trinajstić information content (AvgIpc) is 2.62. The Labute approximate surface area is 158 Å². The molecule has 0 aromatic heterocycles. The van der Waals surface area contributed by atoms with Gasteiger partial charge in [-0.3, -0.25) is 9.59 Å². The first-order valence-corrected chi connectivity index (χ1v) is 9.53. The van der Waals surface area contributed by atoms with Crippen LogP contribution in [0.4, 0.5) is 5.69 Å². The van der Waals surface area contributed by atoms with E-state index < -0.39 is 0 Å². The van der Waals surface area contributed by atoms with Crippen molar-refractivity contribution >= 4 is 29.3 Å². The van der Waals surface area contributed by atoms with E-state index in [0.717, 1.165) is 22.6 Å². The molecule has 0 saturated heterocycles. The van der Waals surface area contributed by atoms with Crippen molar-refractivity contribution in [1.82, 2.24) is 4.90 Å². The van der Waals surface area contributed by atoms with Crippen molar-refractivity contribution in [2.45, 2.75) is 25.2 Å². The molecule has 2 rings (SSSR count). The molecular weight excluding hydrogens is 348 g/mol. The smallest absolute Gasteiger partial charge is 0.244 e. The maximum absolute atomic E-state index is 12.5. The zero-order valence-corrected chi connectivity index (χ0v) is 15.9. The number of thioether (sulfide) groups is 1. The van der Waals surface area contributed by atoms with Gasteiger partial charge in [0.1, 0.15) is 5.75 Å². The number of carbonyl (C=O) groups excluding carboxylic acids is 2. The van der Waals surface area contributed by atoms with Gasteiger partial charge in [-0.05, 0) is 49.2 Å². The molecule has 6 heteroatoms. The van der Waals surface area contributed by atoms with Gasteiger partial charge in [-0.15, -0.1) is 11.8 Å². The van der Waals surface area contributed by atoms with Crippen LogP contribution < -0.4 is 5.32 Å². The number of hydrogen-bond donors (Lipinski definition) is 2. The van der Waals surface area contributed by atoms with Gasteiger partial charge >= 0.3 is 0 Å². The summed E-state index contributed by atoms with van der Waals surface area (Å²) < 4.78 is 0. The van der Waals surface area contributed by atoms with Crippen molar-refractivity contribution in [1.29, 1.82) is 0 Å². The van der Waals surface area contributed by atoms with Gasteiger partial charge in [0.15, 0.2) is 0 Å². The van der Waals surface area contributed by atoms with Crippen LogP contribution in [0.1, 0.15) is 18.9 Å². The van der Waals surface area contributed by atoms with Crippen LogP contribution >= 0.6 is 11.8 Å². The van der Waals surface area contributed by atoms with Gasteiger partial charge in [-0.2, -0.15) is 0 Å². The second-order valence-corrected chi connectivity index (χ2v) is 7.01. The summed E-state index contributed by atoms with van der Waals surface area (Å²) in [6, 6.07) is 14.3. The Morgan fingerprint density at radius 2 is 1.81 bits per heavy atom. The maximum Gasteiger partial charge on any atom is 0.244 e. The molecule has 2 N–H and O–H groups in total. The minimum absolute atomic E-state index is 0.0388. The number of aryl methyl sites for hydroxylation is 1. The Morgan fingerprint density at radius 3 is 2.46 bits per heavy atom. The van der Waals surface area contributed by atoms with Crippen molar-refractivity contribution in [3.63, 3.8) is 0 Å². The van der Waals surface area contributed by atoms with Gasteiger partial charge in [-0.25, -0.2) is 0 Å². The highest BCUT2D eigenvalue weighted by Gasteiger charge is 2.17. The number of rotatable bonds is 8. The number of nitrogens with zero attached hydrogens (tertiary/aromatic N) is 1. The van der Waals surface area contributed by atoms with Crippen LogP contribution in [0, 0.1) is 6.92 Å². The molecule has 0 heterocycles. The number of phenols is 1. The molecule has 2 aromatic carbocycles. The summed E-state index contributed by atoms with van der Waals surface area (Å²) in [5, 5.41) is 12.2. The molecule has 0 aliphatic heterocycles. The monoisotopic (exact) mass is 372 g/mol. The van der Waals surface area contributed by atoms with Crippen LogP contribution in [0.25, 0.3) is 0 Å². The number of amides is 2. The number of benzene rings is 2. The molecule has 0 radical (unpaired) electrons. The fraction of sp³-hybridized carbons (Fsp3) is 0.300. The summed E-state index contributed by atoms with van der Waals surface area (Å²) >= 11 is 1.39. The van der Waals surface area contributed by atoms with Gasteiger partial charge in [-0.1, -0.05) is 25.1 Å². The van der Waals surface area contributed by atoms with Gasteiger partial charge in [0, 0.05) is 17.1 Å². The molecule has 138 valence electrons. The van der Waals surface area contributed by atoms with Crippen molar-refractivity contribution in [2.24, 2.45) is 0 Å². The first-order chi connectivity index (χ1) is 12.5. The molecule has 26 heavy (non-hydrogen) atoms. The average molecular weight is 372 g/mol. The summed E-state index contributed by atoms with van der Waals surface area (Å²) in [5.74, 6) is 0.171. The van der Waals surface area contributed by atoms with E-state index in [1.54, 1.807) is 29.2 Å². The molecule has 0 saturated carbocycles. The summed E-state index contributed by atoms with van der Waals surface area (Å²) in [7, 11) is 0. The number of para-hydroxylation sites is 1. The minimum Gasteiger partial charge on any atom is -0.508 e. The summed E-state index contributed by atoms with van der Waals surface area (Å²) in [4.78, 5) is 27.3. The van der Waals surface area contributed by atoms with E-state index in [0.29, 0.717) is 6.54 Å². The van der Waals surface area contributed by atoms with Crippen molar-refractivity contribution in [3.05, 3.63) is 54.1 Å². The van der Waals surface area contributed by atoms with Crippen molar-refractivity contribution in [3.8, 4) is 5.75 Å². The van der Waals surface area contributed by atoms with Crippen LogP contribution in [-0.4, -0.2) is 40.7 Å². The topological polar surface area (TPSA) is 69.6 Å². The molecule has 5 nitrogen and oxygen atoms in total. The standard InChI is InChI=1S/C20H24N2O3S/c1-3-12-22(13-19(24)21-18-7-5-4-6-15(18)2)20(25)14-26-17-10-8-16(23)9-11-17/h4-11,23H,3,12-14H2,1-2H3,(H,21,24). The Kier molecular flexibility index (Phi) is 7.53. The highest BCUT2D eigenvalue weighted by molar-refractivity contribution is 8.00. The SMILES string of the molecule is CCCN(CC(=O)Nc1ccccc1C)C(=O)CSc1ccc(O)cc1. The molecular formula is C20H24N2O3S. The Balaban J connectivity index is 1.91. The highest BCUT2D eigenvalue weighted by atomic mass is 32.2. The molecule has 0 unspecified atom stereocenters. The quantitative estimate of drug-likeness (QED) is 0.694. The summed E-state index contributed by atoms with van der Waals surface area (Å²) in [5.41, 5.74) is 1.75.